The second-order valence-electron chi connectivity index (χ2n) is 1.97. The van der Waals surface area contributed by atoms with Gasteiger partial charge in [-0.2, -0.15) is 0 Å². The van der Waals surface area contributed by atoms with Gasteiger partial charge in [-0.25, -0.2) is 10.8 Å². The number of nitrogens with zero attached hydrogens (tertiary/aromatic N) is 1. The van der Waals surface area contributed by atoms with Gasteiger partial charge in [0.05, 0.1) is 0 Å². The SMILES string of the molecule is NNC(=O)c1cc(Br)nc(Br)c1. The van der Waals surface area contributed by atoms with Gasteiger partial charge in [-0.15, -0.1) is 0 Å². The molecule has 12 heavy (non-hydrogen) atoms. The van der Waals surface area contributed by atoms with Crippen molar-refractivity contribution in [3.63, 3.8) is 0 Å². The first kappa shape index (κ1) is 9.63. The largest absolute Gasteiger partial charge is 0.290 e. The third kappa shape index (κ3) is 2.26. The van der Waals surface area contributed by atoms with Crippen LogP contribution in [0.3, 0.4) is 0 Å². The Morgan fingerprint density at radius 2 is 1.92 bits per heavy atom. The maximum absolute atomic E-state index is 11.0. The van der Waals surface area contributed by atoms with Crippen LogP contribution in [0, 0.1) is 0 Å². The standard InChI is InChI=1S/C6H5Br2N3O/c7-4-1-3(6(12)11-9)2-5(8)10-4/h1-2H,9H2,(H,11,12). The van der Waals surface area contributed by atoms with E-state index in [4.69, 9.17) is 5.84 Å². The average Bonchev–Trinajstić information content (AvgIpc) is 2.01. The van der Waals surface area contributed by atoms with E-state index >= 15 is 0 Å². The van der Waals surface area contributed by atoms with E-state index in [1.807, 2.05) is 5.43 Å². The number of nitrogens with one attached hydrogen (secondary N) is 1. The molecule has 1 aromatic heterocycles. The molecule has 0 radical (unpaired) electrons. The fourth-order valence-electron chi connectivity index (χ4n) is 0.679. The Morgan fingerprint density at radius 1 is 1.42 bits per heavy atom. The number of carbonyl (C=O) groups excluding carboxylic acids is 1. The van der Waals surface area contributed by atoms with Crippen molar-refractivity contribution in [3.8, 4) is 0 Å². The summed E-state index contributed by atoms with van der Waals surface area (Å²) in [6.07, 6.45) is 0. The van der Waals surface area contributed by atoms with E-state index in [1.165, 1.54) is 0 Å². The summed E-state index contributed by atoms with van der Waals surface area (Å²) >= 11 is 6.30. The van der Waals surface area contributed by atoms with Gasteiger partial charge in [-0.05, 0) is 44.0 Å². The average molecular weight is 295 g/mol. The molecule has 0 saturated heterocycles. The first-order chi connectivity index (χ1) is 5.63. The molecule has 0 unspecified atom stereocenters. The van der Waals surface area contributed by atoms with Gasteiger partial charge in [-0.1, -0.05) is 0 Å². The van der Waals surface area contributed by atoms with Crippen molar-refractivity contribution in [2.24, 2.45) is 5.84 Å². The zero-order valence-electron chi connectivity index (χ0n) is 5.84. The summed E-state index contributed by atoms with van der Waals surface area (Å²) in [7, 11) is 0. The van der Waals surface area contributed by atoms with Crippen LogP contribution < -0.4 is 11.3 Å². The van der Waals surface area contributed by atoms with E-state index in [0.717, 1.165) is 0 Å². The molecule has 1 amide bonds. The Kier molecular flexibility index (Phi) is 3.19. The zero-order chi connectivity index (χ0) is 9.14. The Bertz CT molecular complexity index is 295. The molecule has 0 aromatic carbocycles. The molecule has 0 bridgehead atoms. The van der Waals surface area contributed by atoms with E-state index in [0.29, 0.717) is 14.8 Å². The molecule has 0 atom stereocenters. The molecular formula is C6H5Br2N3O. The van der Waals surface area contributed by atoms with Gasteiger partial charge < -0.3 is 0 Å². The molecule has 0 aliphatic carbocycles. The third-order valence-electron chi connectivity index (χ3n) is 1.16. The van der Waals surface area contributed by atoms with Crippen molar-refractivity contribution in [3.05, 3.63) is 26.9 Å². The molecule has 4 nitrogen and oxygen atoms in total. The van der Waals surface area contributed by atoms with Crippen molar-refractivity contribution in [2.75, 3.05) is 0 Å². The van der Waals surface area contributed by atoms with E-state index in [-0.39, 0.29) is 5.91 Å². The molecule has 6 heteroatoms. The quantitative estimate of drug-likeness (QED) is 0.354. The molecule has 0 aliphatic rings. The summed E-state index contributed by atoms with van der Waals surface area (Å²) < 4.78 is 1.16. The van der Waals surface area contributed by atoms with Gasteiger partial charge in [-0.3, -0.25) is 10.2 Å². The van der Waals surface area contributed by atoms with Crippen LogP contribution in [0.15, 0.2) is 21.3 Å². The number of nitrogen functional groups attached to an aromatic ring is 1. The topological polar surface area (TPSA) is 68.0 Å². The van der Waals surface area contributed by atoms with E-state index < -0.39 is 0 Å². The van der Waals surface area contributed by atoms with Crippen molar-refractivity contribution in [1.82, 2.24) is 10.4 Å². The lowest BCUT2D eigenvalue weighted by atomic mass is 10.3. The highest BCUT2D eigenvalue weighted by Gasteiger charge is 2.05. The summed E-state index contributed by atoms with van der Waals surface area (Å²) in [6.45, 7) is 0. The minimum atomic E-state index is -0.348. The second kappa shape index (κ2) is 3.97. The maximum atomic E-state index is 11.0. The van der Waals surface area contributed by atoms with Crippen LogP contribution in [-0.4, -0.2) is 10.9 Å². The second-order valence-corrected chi connectivity index (χ2v) is 3.60. The fraction of sp³-hybridized carbons (Fsp3) is 0. The Hall–Kier alpha value is -0.460. The first-order valence-electron chi connectivity index (χ1n) is 2.97. The summed E-state index contributed by atoms with van der Waals surface area (Å²) in [5, 5.41) is 0. The monoisotopic (exact) mass is 293 g/mol. The van der Waals surface area contributed by atoms with Crippen molar-refractivity contribution < 1.29 is 4.79 Å². The summed E-state index contributed by atoms with van der Waals surface area (Å²) in [6, 6.07) is 3.15. The normalized spacial score (nSPS) is 9.58. The highest BCUT2D eigenvalue weighted by molar-refractivity contribution is 9.11. The Morgan fingerprint density at radius 3 is 2.33 bits per heavy atom. The number of aromatic nitrogens is 1. The number of nitrogens with two attached hydrogens (primary N) is 1. The predicted molar refractivity (Wildman–Crippen MR) is 51.3 cm³/mol. The number of hydrogen-bond acceptors (Lipinski definition) is 3. The number of rotatable bonds is 1. The fourth-order valence-corrected chi connectivity index (χ4v) is 1.79. The molecule has 0 aliphatic heterocycles. The molecule has 0 fully saturated rings. The van der Waals surface area contributed by atoms with Gasteiger partial charge in [0.25, 0.3) is 5.91 Å². The number of pyridine rings is 1. The summed E-state index contributed by atoms with van der Waals surface area (Å²) in [5.74, 6) is 4.61. The van der Waals surface area contributed by atoms with Crippen LogP contribution in [0.2, 0.25) is 0 Å². The lowest BCUT2D eigenvalue weighted by Crippen LogP contribution is -2.30. The van der Waals surface area contributed by atoms with Gasteiger partial charge in [0.1, 0.15) is 9.21 Å². The number of hydrazine groups is 1. The van der Waals surface area contributed by atoms with Crippen LogP contribution >= 0.6 is 31.9 Å². The smallest absolute Gasteiger partial charge is 0.265 e. The highest BCUT2D eigenvalue weighted by Crippen LogP contribution is 2.15. The van der Waals surface area contributed by atoms with Crippen molar-refractivity contribution in [2.45, 2.75) is 0 Å². The van der Waals surface area contributed by atoms with Crippen LogP contribution in [0.5, 0.6) is 0 Å². The van der Waals surface area contributed by atoms with Crippen molar-refractivity contribution >= 4 is 37.8 Å². The predicted octanol–water partition coefficient (Wildman–Crippen LogP) is 1.21. The van der Waals surface area contributed by atoms with E-state index in [2.05, 4.69) is 36.8 Å². The molecule has 1 heterocycles. The number of hydrogen-bond donors (Lipinski definition) is 2. The molecule has 3 N–H and O–H groups in total. The summed E-state index contributed by atoms with van der Waals surface area (Å²) in [5.41, 5.74) is 2.48. The maximum Gasteiger partial charge on any atom is 0.265 e. The Labute approximate surface area is 85.8 Å². The van der Waals surface area contributed by atoms with E-state index in [9.17, 15) is 4.79 Å². The molecule has 1 aromatic rings. The van der Waals surface area contributed by atoms with Gasteiger partial charge in [0.15, 0.2) is 0 Å². The number of amides is 1. The summed E-state index contributed by atoms with van der Waals surface area (Å²) in [4.78, 5) is 15.0. The highest BCUT2D eigenvalue weighted by atomic mass is 79.9. The minimum absolute atomic E-state index is 0.348. The van der Waals surface area contributed by atoms with E-state index in [1.54, 1.807) is 12.1 Å². The lowest BCUT2D eigenvalue weighted by molar-refractivity contribution is 0.0953. The molecule has 0 spiro atoms. The molecule has 64 valence electrons. The van der Waals surface area contributed by atoms with Crippen molar-refractivity contribution in [1.29, 1.82) is 0 Å². The minimum Gasteiger partial charge on any atom is -0.290 e. The zero-order valence-corrected chi connectivity index (χ0v) is 9.02. The van der Waals surface area contributed by atoms with Crippen LogP contribution in [0.25, 0.3) is 0 Å². The van der Waals surface area contributed by atoms with Gasteiger partial charge in [0, 0.05) is 5.56 Å². The van der Waals surface area contributed by atoms with Crippen LogP contribution in [0.4, 0.5) is 0 Å². The van der Waals surface area contributed by atoms with Crippen LogP contribution in [-0.2, 0) is 0 Å². The molecular weight excluding hydrogens is 290 g/mol. The lowest BCUT2D eigenvalue weighted by Gasteiger charge is -1.99. The number of carbonyl (C=O) groups is 1. The Balaban J connectivity index is 3.08. The molecule has 0 saturated carbocycles. The first-order valence-corrected chi connectivity index (χ1v) is 4.56. The van der Waals surface area contributed by atoms with Crippen LogP contribution in [0.1, 0.15) is 10.4 Å². The number of halogens is 2. The van der Waals surface area contributed by atoms with Gasteiger partial charge in [0.2, 0.25) is 0 Å². The third-order valence-corrected chi connectivity index (χ3v) is 1.97. The molecule has 1 rings (SSSR count). The van der Waals surface area contributed by atoms with Gasteiger partial charge >= 0.3 is 0 Å².